The molecule has 0 saturated carbocycles. The number of ether oxygens (including phenoxy) is 1. The fourth-order valence-electron chi connectivity index (χ4n) is 1.23. The Hall–Kier alpha value is -0.610. The maximum atomic E-state index is 11.3. The van der Waals surface area contributed by atoms with Crippen molar-refractivity contribution in [1.29, 1.82) is 0 Å². The number of amides is 1. The first-order chi connectivity index (χ1) is 7.52. The minimum atomic E-state index is 0.134. The van der Waals surface area contributed by atoms with Crippen molar-refractivity contribution in [2.45, 2.75) is 40.2 Å². The Bertz CT molecular complexity index is 182. The van der Waals surface area contributed by atoms with Crippen LogP contribution in [-0.4, -0.2) is 38.3 Å². The molecule has 0 spiro atoms. The van der Waals surface area contributed by atoms with Crippen LogP contribution in [0.3, 0.4) is 0 Å². The summed E-state index contributed by atoms with van der Waals surface area (Å²) in [4.78, 5) is 11.3. The average Bonchev–Trinajstić information content (AvgIpc) is 2.14. The SMILES string of the molecule is CC(C)CC(=O)NCCNCCOC(C)C. The second-order valence-electron chi connectivity index (χ2n) is 4.62. The van der Waals surface area contributed by atoms with E-state index in [4.69, 9.17) is 4.74 Å². The molecule has 0 aromatic heterocycles. The number of carbonyl (C=O) groups excluding carboxylic acids is 1. The van der Waals surface area contributed by atoms with Gasteiger partial charge in [0.25, 0.3) is 0 Å². The summed E-state index contributed by atoms with van der Waals surface area (Å²) < 4.78 is 5.37. The molecule has 0 heterocycles. The van der Waals surface area contributed by atoms with E-state index in [1.165, 1.54) is 0 Å². The third-order valence-electron chi connectivity index (χ3n) is 1.95. The Morgan fingerprint density at radius 2 is 1.81 bits per heavy atom. The maximum absolute atomic E-state index is 11.3. The van der Waals surface area contributed by atoms with E-state index in [0.717, 1.165) is 19.7 Å². The van der Waals surface area contributed by atoms with E-state index in [2.05, 4.69) is 10.6 Å². The van der Waals surface area contributed by atoms with Crippen LogP contribution in [0.15, 0.2) is 0 Å². The molecule has 2 N–H and O–H groups in total. The zero-order valence-electron chi connectivity index (χ0n) is 11.0. The number of nitrogens with one attached hydrogen (secondary N) is 2. The Balaban J connectivity index is 3.18. The second kappa shape index (κ2) is 9.60. The van der Waals surface area contributed by atoms with Gasteiger partial charge in [0.1, 0.15) is 0 Å². The van der Waals surface area contributed by atoms with Crippen molar-refractivity contribution in [2.75, 3.05) is 26.2 Å². The predicted octanol–water partition coefficient (Wildman–Crippen LogP) is 1.16. The van der Waals surface area contributed by atoms with Gasteiger partial charge < -0.3 is 15.4 Å². The van der Waals surface area contributed by atoms with Crippen molar-refractivity contribution in [1.82, 2.24) is 10.6 Å². The molecule has 0 aliphatic rings. The number of rotatable bonds is 9. The zero-order chi connectivity index (χ0) is 12.4. The highest BCUT2D eigenvalue weighted by atomic mass is 16.5. The average molecular weight is 230 g/mol. The molecule has 96 valence electrons. The summed E-state index contributed by atoms with van der Waals surface area (Å²) in [5.74, 6) is 0.558. The summed E-state index contributed by atoms with van der Waals surface area (Å²) in [6.07, 6.45) is 0.892. The van der Waals surface area contributed by atoms with Crippen LogP contribution in [0.4, 0.5) is 0 Å². The molecule has 0 radical (unpaired) electrons. The largest absolute Gasteiger partial charge is 0.377 e. The van der Waals surface area contributed by atoms with Gasteiger partial charge in [-0.3, -0.25) is 4.79 Å². The first-order valence-electron chi connectivity index (χ1n) is 6.11. The number of carbonyl (C=O) groups is 1. The van der Waals surface area contributed by atoms with Gasteiger partial charge in [-0.15, -0.1) is 0 Å². The van der Waals surface area contributed by atoms with Crippen LogP contribution < -0.4 is 10.6 Å². The first kappa shape index (κ1) is 15.4. The van der Waals surface area contributed by atoms with Crippen LogP contribution in [-0.2, 0) is 9.53 Å². The lowest BCUT2D eigenvalue weighted by atomic mass is 10.1. The van der Waals surface area contributed by atoms with E-state index >= 15 is 0 Å². The van der Waals surface area contributed by atoms with Gasteiger partial charge in [-0.2, -0.15) is 0 Å². The summed E-state index contributed by atoms with van der Waals surface area (Å²) in [6, 6.07) is 0. The van der Waals surface area contributed by atoms with Crippen LogP contribution in [0.2, 0.25) is 0 Å². The Morgan fingerprint density at radius 1 is 1.12 bits per heavy atom. The summed E-state index contributed by atoms with van der Waals surface area (Å²) in [5.41, 5.74) is 0. The van der Waals surface area contributed by atoms with Crippen LogP contribution in [0.1, 0.15) is 34.1 Å². The highest BCUT2D eigenvalue weighted by molar-refractivity contribution is 5.75. The summed E-state index contributed by atoms with van der Waals surface area (Å²) in [6.45, 7) is 11.2. The van der Waals surface area contributed by atoms with E-state index in [-0.39, 0.29) is 12.0 Å². The molecule has 4 nitrogen and oxygen atoms in total. The van der Waals surface area contributed by atoms with E-state index in [9.17, 15) is 4.79 Å². The van der Waals surface area contributed by atoms with Gasteiger partial charge in [0, 0.05) is 26.1 Å². The normalized spacial score (nSPS) is 11.1. The molecule has 0 atom stereocenters. The summed E-state index contributed by atoms with van der Waals surface area (Å²) in [5, 5.41) is 6.08. The van der Waals surface area contributed by atoms with E-state index in [1.807, 2.05) is 27.7 Å². The minimum absolute atomic E-state index is 0.134. The van der Waals surface area contributed by atoms with Gasteiger partial charge in [-0.1, -0.05) is 13.8 Å². The predicted molar refractivity (Wildman–Crippen MR) is 66.4 cm³/mol. The van der Waals surface area contributed by atoms with Crippen LogP contribution in [0.25, 0.3) is 0 Å². The Kier molecular flexibility index (Phi) is 9.24. The lowest BCUT2D eigenvalue weighted by molar-refractivity contribution is -0.121. The van der Waals surface area contributed by atoms with Crippen molar-refractivity contribution in [3.63, 3.8) is 0 Å². The highest BCUT2D eigenvalue weighted by Crippen LogP contribution is 1.97. The van der Waals surface area contributed by atoms with Crippen LogP contribution in [0, 0.1) is 5.92 Å². The van der Waals surface area contributed by atoms with Crippen molar-refractivity contribution < 1.29 is 9.53 Å². The van der Waals surface area contributed by atoms with Gasteiger partial charge >= 0.3 is 0 Å². The van der Waals surface area contributed by atoms with Crippen molar-refractivity contribution in [3.05, 3.63) is 0 Å². The molecule has 1 amide bonds. The quantitative estimate of drug-likeness (QED) is 0.584. The van der Waals surface area contributed by atoms with Crippen LogP contribution >= 0.6 is 0 Å². The van der Waals surface area contributed by atoms with Gasteiger partial charge in [-0.25, -0.2) is 0 Å². The smallest absolute Gasteiger partial charge is 0.220 e. The van der Waals surface area contributed by atoms with E-state index in [1.54, 1.807) is 0 Å². The summed E-state index contributed by atoms with van der Waals surface area (Å²) >= 11 is 0. The topological polar surface area (TPSA) is 50.4 Å². The zero-order valence-corrected chi connectivity index (χ0v) is 11.0. The molecule has 0 unspecified atom stereocenters. The Labute approximate surface area is 99.1 Å². The molecular formula is C12H26N2O2. The third kappa shape index (κ3) is 11.5. The minimum Gasteiger partial charge on any atom is -0.377 e. The fourth-order valence-corrected chi connectivity index (χ4v) is 1.23. The van der Waals surface area contributed by atoms with E-state index < -0.39 is 0 Å². The highest BCUT2D eigenvalue weighted by Gasteiger charge is 2.02. The van der Waals surface area contributed by atoms with Gasteiger partial charge in [0.05, 0.1) is 12.7 Å². The van der Waals surface area contributed by atoms with Crippen molar-refractivity contribution >= 4 is 5.91 Å². The summed E-state index contributed by atoms with van der Waals surface area (Å²) in [7, 11) is 0. The Morgan fingerprint density at radius 3 is 2.38 bits per heavy atom. The standard InChI is InChI=1S/C12H26N2O2/c1-10(2)9-12(15)14-6-5-13-7-8-16-11(3)4/h10-11,13H,5-9H2,1-4H3,(H,14,15). The number of hydrogen-bond acceptors (Lipinski definition) is 3. The molecule has 0 aromatic carbocycles. The first-order valence-corrected chi connectivity index (χ1v) is 6.11. The molecule has 0 bridgehead atoms. The van der Waals surface area contributed by atoms with Crippen molar-refractivity contribution in [2.24, 2.45) is 5.92 Å². The maximum Gasteiger partial charge on any atom is 0.220 e. The monoisotopic (exact) mass is 230 g/mol. The van der Waals surface area contributed by atoms with Gasteiger partial charge in [-0.05, 0) is 19.8 Å². The molecule has 0 aliphatic carbocycles. The van der Waals surface area contributed by atoms with Crippen molar-refractivity contribution in [3.8, 4) is 0 Å². The molecule has 0 fully saturated rings. The molecule has 0 aliphatic heterocycles. The lowest BCUT2D eigenvalue weighted by Gasteiger charge is -2.09. The van der Waals surface area contributed by atoms with E-state index in [0.29, 0.717) is 18.9 Å². The van der Waals surface area contributed by atoms with Crippen LogP contribution in [0.5, 0.6) is 0 Å². The lowest BCUT2D eigenvalue weighted by Crippen LogP contribution is -2.33. The molecule has 0 rings (SSSR count). The van der Waals surface area contributed by atoms with Gasteiger partial charge in [0.15, 0.2) is 0 Å². The fraction of sp³-hybridized carbons (Fsp3) is 0.917. The molecule has 4 heteroatoms. The van der Waals surface area contributed by atoms with Gasteiger partial charge in [0.2, 0.25) is 5.91 Å². The molecular weight excluding hydrogens is 204 g/mol. The molecule has 0 aromatic rings. The molecule has 0 saturated heterocycles. The molecule has 16 heavy (non-hydrogen) atoms. The third-order valence-corrected chi connectivity index (χ3v) is 1.95. The number of hydrogen-bond donors (Lipinski definition) is 2. The second-order valence-corrected chi connectivity index (χ2v) is 4.62.